The summed E-state index contributed by atoms with van der Waals surface area (Å²) in [6, 6.07) is 5.80. The number of anilines is 2. The molecule has 1 fully saturated rings. The summed E-state index contributed by atoms with van der Waals surface area (Å²) in [4.78, 5) is 0. The largest absolute Gasteiger partial charge is 0.492 e. The van der Waals surface area contributed by atoms with Crippen molar-refractivity contribution in [1.82, 2.24) is 0 Å². The lowest BCUT2D eigenvalue weighted by Gasteiger charge is -2.20. The van der Waals surface area contributed by atoms with Gasteiger partial charge in [-0.25, -0.2) is 0 Å². The molecule has 1 saturated carbocycles. The fraction of sp³-hybridized carbons (Fsp3) is 0.600. The zero-order valence-electron chi connectivity index (χ0n) is 11.6. The third-order valence-corrected chi connectivity index (χ3v) is 3.97. The lowest BCUT2D eigenvalue weighted by atomic mass is 9.97. The highest BCUT2D eigenvalue weighted by Gasteiger charge is 2.26. The zero-order chi connectivity index (χ0) is 13.7. The summed E-state index contributed by atoms with van der Waals surface area (Å²) in [5.41, 5.74) is 7.68. The normalized spacial score (nSPS) is 22.4. The van der Waals surface area contributed by atoms with Crippen LogP contribution < -0.4 is 15.8 Å². The van der Waals surface area contributed by atoms with E-state index in [9.17, 15) is 5.11 Å². The smallest absolute Gasteiger partial charge is 0.144 e. The van der Waals surface area contributed by atoms with Crippen molar-refractivity contribution in [1.29, 1.82) is 0 Å². The molecule has 1 aromatic rings. The average molecular weight is 264 g/mol. The first-order valence-corrected chi connectivity index (χ1v) is 7.12. The molecule has 4 N–H and O–H groups in total. The van der Waals surface area contributed by atoms with Gasteiger partial charge in [-0.1, -0.05) is 12.5 Å². The molecule has 0 heterocycles. The Morgan fingerprint density at radius 2 is 2.16 bits per heavy atom. The van der Waals surface area contributed by atoms with Crippen LogP contribution in [0.3, 0.4) is 0 Å². The molecular formula is C15H24N2O2. The van der Waals surface area contributed by atoms with Gasteiger partial charge < -0.3 is 20.9 Å². The van der Waals surface area contributed by atoms with Crippen LogP contribution in [0.2, 0.25) is 0 Å². The Labute approximate surface area is 115 Å². The van der Waals surface area contributed by atoms with Crippen molar-refractivity contribution in [2.45, 2.75) is 26.2 Å². The first-order chi connectivity index (χ1) is 9.26. The van der Waals surface area contributed by atoms with Gasteiger partial charge in [0.1, 0.15) is 5.75 Å². The van der Waals surface area contributed by atoms with Gasteiger partial charge in [0.05, 0.1) is 18.0 Å². The molecule has 0 bridgehead atoms. The number of ether oxygens (including phenoxy) is 1. The molecule has 0 radical (unpaired) electrons. The molecule has 4 nitrogen and oxygen atoms in total. The lowest BCUT2D eigenvalue weighted by Crippen LogP contribution is -2.21. The minimum Gasteiger partial charge on any atom is -0.492 e. The molecule has 1 aliphatic rings. The van der Waals surface area contributed by atoms with Crippen LogP contribution in [0.15, 0.2) is 18.2 Å². The van der Waals surface area contributed by atoms with E-state index in [1.165, 1.54) is 12.8 Å². The number of hydrogen-bond donors (Lipinski definition) is 3. The van der Waals surface area contributed by atoms with Crippen molar-refractivity contribution in [2.24, 2.45) is 11.8 Å². The fourth-order valence-corrected chi connectivity index (χ4v) is 2.84. The van der Waals surface area contributed by atoms with Crippen LogP contribution >= 0.6 is 0 Å². The van der Waals surface area contributed by atoms with Gasteiger partial charge in [-0.05, 0) is 43.7 Å². The van der Waals surface area contributed by atoms with Crippen molar-refractivity contribution < 1.29 is 9.84 Å². The van der Waals surface area contributed by atoms with E-state index in [0.29, 0.717) is 30.7 Å². The maximum Gasteiger partial charge on any atom is 0.144 e. The van der Waals surface area contributed by atoms with E-state index in [4.69, 9.17) is 10.5 Å². The number of nitrogens with one attached hydrogen (secondary N) is 1. The number of rotatable bonds is 6. The first kappa shape index (κ1) is 14.0. The third kappa shape index (κ3) is 3.32. The van der Waals surface area contributed by atoms with E-state index in [1.807, 2.05) is 25.1 Å². The number of benzene rings is 1. The van der Waals surface area contributed by atoms with Crippen molar-refractivity contribution >= 4 is 11.4 Å². The van der Waals surface area contributed by atoms with Crippen molar-refractivity contribution in [2.75, 3.05) is 30.8 Å². The van der Waals surface area contributed by atoms with Gasteiger partial charge >= 0.3 is 0 Å². The third-order valence-electron chi connectivity index (χ3n) is 3.97. The van der Waals surface area contributed by atoms with Crippen LogP contribution in [0.1, 0.15) is 26.2 Å². The Morgan fingerprint density at radius 1 is 1.37 bits per heavy atom. The van der Waals surface area contributed by atoms with Crippen LogP contribution in [0, 0.1) is 11.8 Å². The standard InChI is InChI=1S/C15H24N2O2/c1-2-19-14-8-4-7-13(15(14)16)17-9-11-5-3-6-12(11)10-18/h4,7-8,11-12,17-18H,2-3,5-6,9-10,16H2,1H3. The molecule has 0 spiro atoms. The van der Waals surface area contributed by atoms with Crippen LogP contribution in [-0.4, -0.2) is 24.9 Å². The van der Waals surface area contributed by atoms with E-state index >= 15 is 0 Å². The highest BCUT2D eigenvalue weighted by atomic mass is 16.5. The number of nitrogens with two attached hydrogens (primary N) is 1. The molecule has 1 aromatic carbocycles. The van der Waals surface area contributed by atoms with Crippen LogP contribution in [0.25, 0.3) is 0 Å². The summed E-state index contributed by atoms with van der Waals surface area (Å²) < 4.78 is 5.49. The number of para-hydroxylation sites is 1. The lowest BCUT2D eigenvalue weighted by molar-refractivity contribution is 0.199. The van der Waals surface area contributed by atoms with E-state index in [2.05, 4.69) is 5.32 Å². The second-order valence-electron chi connectivity index (χ2n) is 5.16. The van der Waals surface area contributed by atoms with Gasteiger partial charge in [-0.2, -0.15) is 0 Å². The fourth-order valence-electron chi connectivity index (χ4n) is 2.84. The van der Waals surface area contributed by atoms with Gasteiger partial charge in [0, 0.05) is 13.2 Å². The maximum absolute atomic E-state index is 9.33. The van der Waals surface area contributed by atoms with E-state index in [-0.39, 0.29) is 0 Å². The predicted molar refractivity (Wildman–Crippen MR) is 78.4 cm³/mol. The maximum atomic E-state index is 9.33. The van der Waals surface area contributed by atoms with Crippen LogP contribution in [-0.2, 0) is 0 Å². The minimum atomic E-state index is 0.292. The SMILES string of the molecule is CCOc1cccc(NCC2CCCC2CO)c1N. The highest BCUT2D eigenvalue weighted by Crippen LogP contribution is 2.33. The van der Waals surface area contributed by atoms with Gasteiger partial charge in [0.25, 0.3) is 0 Å². The topological polar surface area (TPSA) is 67.5 Å². The zero-order valence-corrected chi connectivity index (χ0v) is 11.6. The van der Waals surface area contributed by atoms with Crippen molar-refractivity contribution in [3.8, 4) is 5.75 Å². The second-order valence-corrected chi connectivity index (χ2v) is 5.16. The molecule has 0 aromatic heterocycles. The van der Waals surface area contributed by atoms with Crippen molar-refractivity contribution in [3.63, 3.8) is 0 Å². The Balaban J connectivity index is 1.97. The van der Waals surface area contributed by atoms with E-state index in [1.54, 1.807) is 0 Å². The molecule has 2 rings (SSSR count). The number of nitrogen functional groups attached to an aromatic ring is 1. The van der Waals surface area contributed by atoms with Gasteiger partial charge in [-0.3, -0.25) is 0 Å². The van der Waals surface area contributed by atoms with Crippen molar-refractivity contribution in [3.05, 3.63) is 18.2 Å². The molecule has 4 heteroatoms. The van der Waals surface area contributed by atoms with Gasteiger partial charge in [-0.15, -0.1) is 0 Å². The summed E-state index contributed by atoms with van der Waals surface area (Å²) in [5.74, 6) is 1.71. The van der Waals surface area contributed by atoms with Gasteiger partial charge in [0.2, 0.25) is 0 Å². The molecule has 2 atom stereocenters. The Kier molecular flexibility index (Phi) is 4.91. The summed E-state index contributed by atoms with van der Waals surface area (Å²) in [6.07, 6.45) is 3.53. The molecule has 1 aliphatic carbocycles. The predicted octanol–water partition coefficient (Wildman–Crippen LogP) is 2.49. The van der Waals surface area contributed by atoms with Gasteiger partial charge in [0.15, 0.2) is 0 Å². The number of aliphatic hydroxyl groups is 1. The average Bonchev–Trinajstić information content (AvgIpc) is 2.87. The molecule has 106 valence electrons. The highest BCUT2D eigenvalue weighted by molar-refractivity contribution is 5.72. The Hall–Kier alpha value is -1.42. The summed E-state index contributed by atoms with van der Waals surface area (Å²) >= 11 is 0. The molecule has 19 heavy (non-hydrogen) atoms. The number of hydrogen-bond acceptors (Lipinski definition) is 4. The first-order valence-electron chi connectivity index (χ1n) is 7.12. The summed E-state index contributed by atoms with van der Waals surface area (Å²) in [7, 11) is 0. The monoisotopic (exact) mass is 264 g/mol. The molecule has 0 amide bonds. The summed E-state index contributed by atoms with van der Waals surface area (Å²) in [5, 5.41) is 12.7. The molecule has 2 unspecified atom stereocenters. The molecule has 0 saturated heterocycles. The second kappa shape index (κ2) is 6.66. The minimum absolute atomic E-state index is 0.292. The van der Waals surface area contributed by atoms with E-state index < -0.39 is 0 Å². The van der Waals surface area contributed by atoms with E-state index in [0.717, 1.165) is 24.4 Å². The Morgan fingerprint density at radius 3 is 2.89 bits per heavy atom. The number of aliphatic hydroxyl groups excluding tert-OH is 1. The quantitative estimate of drug-likeness (QED) is 0.691. The Bertz CT molecular complexity index is 409. The molecular weight excluding hydrogens is 240 g/mol. The molecule has 0 aliphatic heterocycles. The van der Waals surface area contributed by atoms with Crippen LogP contribution in [0.5, 0.6) is 5.75 Å². The summed E-state index contributed by atoms with van der Waals surface area (Å²) in [6.45, 7) is 3.72. The van der Waals surface area contributed by atoms with Crippen LogP contribution in [0.4, 0.5) is 11.4 Å².